The molecule has 0 aromatic carbocycles. The van der Waals surface area contributed by atoms with E-state index in [1.807, 2.05) is 20.1 Å². The van der Waals surface area contributed by atoms with Crippen molar-refractivity contribution in [3.05, 3.63) is 17.0 Å². The standard InChI is InChI=1S/C15H21N5O3S/c1-9-11(8-12(21)16-7-5-6-13(22)23-3)10(2)20-14(17-9)18-15(19-20)24-4/h5-8H2,1-4H3,(H,16,21). The quantitative estimate of drug-likeness (QED) is 0.453. The molecule has 0 aliphatic carbocycles. The number of rotatable bonds is 7. The van der Waals surface area contributed by atoms with Gasteiger partial charge < -0.3 is 10.1 Å². The van der Waals surface area contributed by atoms with Crippen LogP contribution >= 0.6 is 11.8 Å². The van der Waals surface area contributed by atoms with Crippen LogP contribution in [0.3, 0.4) is 0 Å². The number of carbonyl (C=O) groups excluding carboxylic acids is 2. The molecule has 130 valence electrons. The third kappa shape index (κ3) is 4.22. The van der Waals surface area contributed by atoms with E-state index in [2.05, 4.69) is 25.1 Å². The van der Waals surface area contributed by atoms with Crippen molar-refractivity contribution in [1.29, 1.82) is 0 Å². The Hall–Kier alpha value is -2.16. The number of hydrogen-bond donors (Lipinski definition) is 1. The van der Waals surface area contributed by atoms with Gasteiger partial charge in [0.15, 0.2) is 0 Å². The van der Waals surface area contributed by atoms with E-state index in [-0.39, 0.29) is 18.3 Å². The normalized spacial score (nSPS) is 10.8. The first-order valence-corrected chi connectivity index (χ1v) is 8.79. The Morgan fingerprint density at radius 2 is 2.04 bits per heavy atom. The highest BCUT2D eigenvalue weighted by Crippen LogP contribution is 2.17. The summed E-state index contributed by atoms with van der Waals surface area (Å²) in [7, 11) is 1.35. The van der Waals surface area contributed by atoms with E-state index in [0.29, 0.717) is 30.3 Å². The van der Waals surface area contributed by atoms with Gasteiger partial charge in [0.1, 0.15) is 0 Å². The number of methoxy groups -OCH3 is 1. The number of ether oxygens (including phenoxy) is 1. The van der Waals surface area contributed by atoms with Crippen molar-refractivity contribution in [2.75, 3.05) is 19.9 Å². The molecule has 0 radical (unpaired) electrons. The lowest BCUT2D eigenvalue weighted by Crippen LogP contribution is -2.27. The summed E-state index contributed by atoms with van der Waals surface area (Å²) in [4.78, 5) is 31.9. The molecule has 2 aromatic rings. The Balaban J connectivity index is 2.03. The number of nitrogens with zero attached hydrogens (tertiary/aromatic N) is 4. The fourth-order valence-corrected chi connectivity index (χ4v) is 2.65. The summed E-state index contributed by atoms with van der Waals surface area (Å²) in [6.45, 7) is 4.20. The summed E-state index contributed by atoms with van der Waals surface area (Å²) in [6, 6.07) is 0. The van der Waals surface area contributed by atoms with Crippen LogP contribution in [0.4, 0.5) is 0 Å². The maximum atomic E-state index is 12.1. The minimum atomic E-state index is -0.277. The number of hydrogen-bond acceptors (Lipinski definition) is 7. The van der Waals surface area contributed by atoms with Crippen molar-refractivity contribution in [2.45, 2.75) is 38.3 Å². The Morgan fingerprint density at radius 1 is 1.29 bits per heavy atom. The topological polar surface area (TPSA) is 98.5 Å². The maximum Gasteiger partial charge on any atom is 0.305 e. The molecule has 0 fully saturated rings. The molecular formula is C15H21N5O3S. The molecule has 2 heterocycles. The number of esters is 1. The number of carbonyl (C=O) groups is 2. The molecule has 1 N–H and O–H groups in total. The third-order valence-corrected chi connectivity index (χ3v) is 4.20. The van der Waals surface area contributed by atoms with Crippen molar-refractivity contribution in [3.8, 4) is 0 Å². The summed E-state index contributed by atoms with van der Waals surface area (Å²) in [5.41, 5.74) is 2.46. The van der Waals surface area contributed by atoms with E-state index in [1.165, 1.54) is 18.9 Å². The van der Waals surface area contributed by atoms with Gasteiger partial charge in [-0.25, -0.2) is 9.50 Å². The predicted molar refractivity (Wildman–Crippen MR) is 90.0 cm³/mol. The highest BCUT2D eigenvalue weighted by Gasteiger charge is 2.15. The minimum Gasteiger partial charge on any atom is -0.469 e. The van der Waals surface area contributed by atoms with E-state index in [4.69, 9.17) is 0 Å². The molecule has 0 spiro atoms. The fourth-order valence-electron chi connectivity index (χ4n) is 2.32. The van der Waals surface area contributed by atoms with Crippen molar-refractivity contribution in [3.63, 3.8) is 0 Å². The Bertz CT molecular complexity index is 759. The SMILES string of the molecule is COC(=O)CCCNC(=O)Cc1c(C)nc2nc(SC)nn2c1C. The molecule has 0 atom stereocenters. The molecule has 2 rings (SSSR count). The van der Waals surface area contributed by atoms with Gasteiger partial charge in [-0.15, -0.1) is 5.10 Å². The smallest absolute Gasteiger partial charge is 0.305 e. The first-order chi connectivity index (χ1) is 11.5. The fraction of sp³-hybridized carbons (Fsp3) is 0.533. The van der Waals surface area contributed by atoms with Crippen LogP contribution in [0.15, 0.2) is 5.16 Å². The lowest BCUT2D eigenvalue weighted by Gasteiger charge is -2.10. The lowest BCUT2D eigenvalue weighted by atomic mass is 10.1. The molecule has 0 aliphatic heterocycles. The second-order valence-electron chi connectivity index (χ2n) is 5.28. The Morgan fingerprint density at radius 3 is 2.71 bits per heavy atom. The second kappa shape index (κ2) is 8.09. The van der Waals surface area contributed by atoms with Gasteiger partial charge in [-0.05, 0) is 26.5 Å². The van der Waals surface area contributed by atoms with Crippen molar-refractivity contribution < 1.29 is 14.3 Å². The number of aryl methyl sites for hydroxylation is 2. The van der Waals surface area contributed by atoms with Gasteiger partial charge in [0.25, 0.3) is 5.78 Å². The molecule has 0 unspecified atom stereocenters. The highest BCUT2D eigenvalue weighted by atomic mass is 32.2. The largest absolute Gasteiger partial charge is 0.469 e. The van der Waals surface area contributed by atoms with Crippen LogP contribution in [0.5, 0.6) is 0 Å². The molecule has 8 nitrogen and oxygen atoms in total. The minimum absolute atomic E-state index is 0.113. The van der Waals surface area contributed by atoms with E-state index >= 15 is 0 Å². The van der Waals surface area contributed by atoms with Crippen LogP contribution in [-0.2, 0) is 20.7 Å². The molecule has 1 amide bonds. The van der Waals surface area contributed by atoms with Gasteiger partial charge in [-0.3, -0.25) is 9.59 Å². The first-order valence-electron chi connectivity index (χ1n) is 7.56. The van der Waals surface area contributed by atoms with Gasteiger partial charge in [-0.2, -0.15) is 4.98 Å². The lowest BCUT2D eigenvalue weighted by molar-refractivity contribution is -0.140. The van der Waals surface area contributed by atoms with Crippen molar-refractivity contribution >= 4 is 29.4 Å². The van der Waals surface area contributed by atoms with Crippen LogP contribution in [-0.4, -0.2) is 51.4 Å². The first kappa shape index (κ1) is 18.2. The molecule has 2 aromatic heterocycles. The zero-order chi connectivity index (χ0) is 17.7. The van der Waals surface area contributed by atoms with Crippen LogP contribution in [0, 0.1) is 13.8 Å². The molecule has 0 bridgehead atoms. The zero-order valence-corrected chi connectivity index (χ0v) is 15.1. The number of aromatic nitrogens is 4. The summed E-state index contributed by atoms with van der Waals surface area (Å²) < 4.78 is 6.22. The number of amides is 1. The summed E-state index contributed by atoms with van der Waals surface area (Å²) in [6.07, 6.45) is 2.96. The molecule has 0 aliphatic rings. The van der Waals surface area contributed by atoms with Gasteiger partial charge in [0.2, 0.25) is 11.1 Å². The van der Waals surface area contributed by atoms with Gasteiger partial charge in [-0.1, -0.05) is 11.8 Å². The Kier molecular flexibility index (Phi) is 6.13. The van der Waals surface area contributed by atoms with Crippen LogP contribution in [0.2, 0.25) is 0 Å². The van der Waals surface area contributed by atoms with Gasteiger partial charge >= 0.3 is 5.97 Å². The Labute approximate surface area is 144 Å². The van der Waals surface area contributed by atoms with Crippen LogP contribution < -0.4 is 5.32 Å². The van der Waals surface area contributed by atoms with E-state index in [1.54, 1.807) is 4.52 Å². The molecule has 0 saturated heterocycles. The van der Waals surface area contributed by atoms with Crippen LogP contribution in [0.1, 0.15) is 29.8 Å². The average Bonchev–Trinajstić information content (AvgIpc) is 2.98. The summed E-state index contributed by atoms with van der Waals surface area (Å²) >= 11 is 1.45. The number of thioether (sulfide) groups is 1. The summed E-state index contributed by atoms with van der Waals surface area (Å²) in [5, 5.41) is 7.82. The second-order valence-corrected chi connectivity index (χ2v) is 6.05. The van der Waals surface area contributed by atoms with Crippen molar-refractivity contribution in [2.24, 2.45) is 0 Å². The third-order valence-electron chi connectivity index (χ3n) is 3.66. The molecule has 9 heteroatoms. The van der Waals surface area contributed by atoms with Gasteiger partial charge in [0, 0.05) is 29.9 Å². The predicted octanol–water partition coefficient (Wildman–Crippen LogP) is 1.07. The number of nitrogens with one attached hydrogen (secondary N) is 1. The van der Waals surface area contributed by atoms with E-state index < -0.39 is 0 Å². The molecule has 0 saturated carbocycles. The highest BCUT2D eigenvalue weighted by molar-refractivity contribution is 7.98. The van der Waals surface area contributed by atoms with E-state index in [0.717, 1.165) is 17.0 Å². The summed E-state index contributed by atoms with van der Waals surface area (Å²) in [5.74, 6) is 0.148. The van der Waals surface area contributed by atoms with E-state index in [9.17, 15) is 9.59 Å². The number of fused-ring (bicyclic) bond motifs is 1. The molecular weight excluding hydrogens is 330 g/mol. The van der Waals surface area contributed by atoms with Crippen molar-refractivity contribution in [1.82, 2.24) is 24.9 Å². The average molecular weight is 351 g/mol. The zero-order valence-electron chi connectivity index (χ0n) is 14.3. The maximum absolute atomic E-state index is 12.1. The molecule has 24 heavy (non-hydrogen) atoms. The monoisotopic (exact) mass is 351 g/mol. The van der Waals surface area contributed by atoms with Gasteiger partial charge in [0.05, 0.1) is 13.5 Å². The van der Waals surface area contributed by atoms with Crippen LogP contribution in [0.25, 0.3) is 5.78 Å².